The van der Waals surface area contributed by atoms with E-state index in [4.69, 9.17) is 5.11 Å². The Labute approximate surface area is 103 Å². The lowest BCUT2D eigenvalue weighted by atomic mass is 9.96. The summed E-state index contributed by atoms with van der Waals surface area (Å²) in [6, 6.07) is 0. The molecule has 2 N–H and O–H groups in total. The van der Waals surface area contributed by atoms with Crippen LogP contribution in [0.2, 0.25) is 0 Å². The molecule has 0 unspecified atom stereocenters. The Hall–Kier alpha value is -0.650. The van der Waals surface area contributed by atoms with Gasteiger partial charge in [0.25, 0.3) is 0 Å². The van der Waals surface area contributed by atoms with E-state index in [1.54, 1.807) is 4.90 Å². The van der Waals surface area contributed by atoms with Gasteiger partial charge in [0.15, 0.2) is 0 Å². The molecule has 1 aliphatic heterocycles. The first-order valence-corrected chi connectivity index (χ1v) is 6.38. The Morgan fingerprint density at radius 3 is 2.12 bits per heavy atom. The van der Waals surface area contributed by atoms with Crippen LogP contribution in [0.5, 0.6) is 0 Å². The van der Waals surface area contributed by atoms with Gasteiger partial charge in [0.1, 0.15) is 6.61 Å². The van der Waals surface area contributed by atoms with Crippen molar-refractivity contribution in [3.05, 3.63) is 0 Å². The van der Waals surface area contributed by atoms with E-state index in [1.165, 1.54) is 0 Å². The van der Waals surface area contributed by atoms with Gasteiger partial charge in [-0.15, -0.1) is 0 Å². The number of amides is 1. The summed E-state index contributed by atoms with van der Waals surface area (Å²) >= 11 is 0. The van der Waals surface area contributed by atoms with E-state index >= 15 is 0 Å². The average molecular weight is 244 g/mol. The smallest absolute Gasteiger partial charge is 0.248 e. The second kappa shape index (κ2) is 6.33. The summed E-state index contributed by atoms with van der Waals surface area (Å²) in [5, 5.41) is 19.0. The average Bonchev–Trinajstić information content (AvgIpc) is 2.38. The van der Waals surface area contributed by atoms with Crippen molar-refractivity contribution < 1.29 is 15.0 Å². The van der Waals surface area contributed by atoms with Gasteiger partial charge in [0.05, 0.1) is 5.60 Å². The van der Waals surface area contributed by atoms with Crippen LogP contribution < -0.4 is 0 Å². The minimum absolute atomic E-state index is 0.203. The zero-order valence-corrected chi connectivity index (χ0v) is 10.9. The molecule has 1 heterocycles. The van der Waals surface area contributed by atoms with E-state index in [0.29, 0.717) is 19.6 Å². The second-order valence-corrected chi connectivity index (χ2v) is 4.75. The number of β-amino-alcohol motifs (C(OH)–C–C–N with tert-alkyl or cyclic N) is 1. The largest absolute Gasteiger partial charge is 0.389 e. The summed E-state index contributed by atoms with van der Waals surface area (Å²) in [6.07, 6.45) is 1.50. The van der Waals surface area contributed by atoms with Crippen molar-refractivity contribution in [2.45, 2.75) is 32.3 Å². The molecule has 5 heteroatoms. The van der Waals surface area contributed by atoms with Crippen LogP contribution in [0, 0.1) is 0 Å². The van der Waals surface area contributed by atoms with Crippen molar-refractivity contribution in [3.8, 4) is 0 Å². The Balaban J connectivity index is 2.39. The second-order valence-electron chi connectivity index (χ2n) is 4.75. The maximum absolute atomic E-state index is 11.3. The van der Waals surface area contributed by atoms with Crippen LogP contribution in [0.1, 0.15) is 26.7 Å². The van der Waals surface area contributed by atoms with E-state index in [-0.39, 0.29) is 5.91 Å². The summed E-state index contributed by atoms with van der Waals surface area (Å²) in [5.74, 6) is -0.203. The number of hydrogen-bond donors (Lipinski definition) is 2. The Morgan fingerprint density at radius 1 is 1.18 bits per heavy atom. The third-order valence-corrected chi connectivity index (χ3v) is 3.69. The lowest BCUT2D eigenvalue weighted by molar-refractivity contribution is -0.136. The van der Waals surface area contributed by atoms with Crippen molar-refractivity contribution in [3.63, 3.8) is 0 Å². The number of aliphatic hydroxyl groups excluding tert-OH is 1. The number of rotatable bonds is 5. The zero-order chi connectivity index (χ0) is 12.9. The van der Waals surface area contributed by atoms with Gasteiger partial charge >= 0.3 is 0 Å². The van der Waals surface area contributed by atoms with Gasteiger partial charge in [-0.05, 0) is 12.8 Å². The fourth-order valence-corrected chi connectivity index (χ4v) is 2.15. The van der Waals surface area contributed by atoms with Gasteiger partial charge in [0, 0.05) is 32.7 Å². The Kier molecular flexibility index (Phi) is 5.36. The first kappa shape index (κ1) is 14.4. The normalized spacial score (nSPS) is 18.5. The molecule has 0 atom stereocenters. The molecule has 0 saturated carbocycles. The van der Waals surface area contributed by atoms with Crippen molar-refractivity contribution in [2.75, 3.05) is 39.3 Å². The summed E-state index contributed by atoms with van der Waals surface area (Å²) in [5.41, 5.74) is -0.608. The van der Waals surface area contributed by atoms with E-state index in [1.807, 2.05) is 13.8 Å². The van der Waals surface area contributed by atoms with Crippen LogP contribution >= 0.6 is 0 Å². The summed E-state index contributed by atoms with van der Waals surface area (Å²) < 4.78 is 0. The maximum atomic E-state index is 11.3. The summed E-state index contributed by atoms with van der Waals surface area (Å²) in [4.78, 5) is 15.1. The third kappa shape index (κ3) is 3.94. The summed E-state index contributed by atoms with van der Waals surface area (Å²) in [6.45, 7) is 7.08. The number of nitrogens with zero attached hydrogens (tertiary/aromatic N) is 2. The van der Waals surface area contributed by atoms with Gasteiger partial charge in [-0.1, -0.05) is 13.8 Å². The van der Waals surface area contributed by atoms with Gasteiger partial charge < -0.3 is 15.1 Å². The van der Waals surface area contributed by atoms with Crippen LogP contribution in [-0.2, 0) is 4.79 Å². The van der Waals surface area contributed by atoms with Crippen LogP contribution in [0.25, 0.3) is 0 Å². The van der Waals surface area contributed by atoms with Crippen molar-refractivity contribution >= 4 is 5.91 Å². The minimum atomic E-state index is -0.608. The lowest BCUT2D eigenvalue weighted by Crippen LogP contribution is -2.53. The number of hydrogen-bond acceptors (Lipinski definition) is 4. The molecular formula is C12H24N2O3. The molecule has 1 aliphatic rings. The number of carbonyl (C=O) groups is 1. The highest BCUT2D eigenvalue weighted by molar-refractivity contribution is 5.77. The molecule has 0 aliphatic carbocycles. The highest BCUT2D eigenvalue weighted by Crippen LogP contribution is 2.17. The Morgan fingerprint density at radius 2 is 1.71 bits per heavy atom. The van der Waals surface area contributed by atoms with Crippen LogP contribution in [-0.4, -0.2) is 70.9 Å². The fourth-order valence-electron chi connectivity index (χ4n) is 2.15. The molecule has 0 aromatic carbocycles. The van der Waals surface area contributed by atoms with Crippen LogP contribution in [0.3, 0.4) is 0 Å². The minimum Gasteiger partial charge on any atom is -0.389 e. The highest BCUT2D eigenvalue weighted by atomic mass is 16.3. The van der Waals surface area contributed by atoms with E-state index in [2.05, 4.69) is 4.90 Å². The standard InChI is InChI=1S/C12H24N2O3/c1-3-12(17,4-2)10-13-5-7-14(8-6-13)11(16)9-15/h15,17H,3-10H2,1-2H3. The van der Waals surface area contributed by atoms with Gasteiger partial charge in [0.2, 0.25) is 5.91 Å². The van der Waals surface area contributed by atoms with Crippen LogP contribution in [0.15, 0.2) is 0 Å². The zero-order valence-electron chi connectivity index (χ0n) is 10.9. The van der Waals surface area contributed by atoms with Crippen molar-refractivity contribution in [1.29, 1.82) is 0 Å². The number of piperazine rings is 1. The first-order chi connectivity index (χ1) is 8.04. The molecule has 5 nitrogen and oxygen atoms in total. The molecule has 1 amide bonds. The quantitative estimate of drug-likeness (QED) is 0.695. The molecule has 0 bridgehead atoms. The maximum Gasteiger partial charge on any atom is 0.248 e. The third-order valence-electron chi connectivity index (χ3n) is 3.69. The molecule has 0 radical (unpaired) electrons. The molecule has 1 rings (SSSR count). The monoisotopic (exact) mass is 244 g/mol. The molecule has 1 saturated heterocycles. The molecule has 0 aromatic heterocycles. The Bertz CT molecular complexity index is 246. The topological polar surface area (TPSA) is 64.0 Å². The molecule has 0 aromatic rings. The predicted octanol–water partition coefficient (Wildman–Crippen LogP) is -0.326. The van der Waals surface area contributed by atoms with Gasteiger partial charge in [-0.2, -0.15) is 0 Å². The SMILES string of the molecule is CCC(O)(CC)CN1CCN(C(=O)CO)CC1. The molecular weight excluding hydrogens is 220 g/mol. The highest BCUT2D eigenvalue weighted by Gasteiger charge is 2.28. The van der Waals surface area contributed by atoms with Gasteiger partial charge in [-0.3, -0.25) is 9.69 Å². The molecule has 0 spiro atoms. The van der Waals surface area contributed by atoms with E-state index in [0.717, 1.165) is 25.9 Å². The van der Waals surface area contributed by atoms with Gasteiger partial charge in [-0.25, -0.2) is 0 Å². The molecule has 17 heavy (non-hydrogen) atoms. The van der Waals surface area contributed by atoms with E-state index in [9.17, 15) is 9.90 Å². The first-order valence-electron chi connectivity index (χ1n) is 6.38. The predicted molar refractivity (Wildman–Crippen MR) is 65.6 cm³/mol. The fraction of sp³-hybridized carbons (Fsp3) is 0.917. The van der Waals surface area contributed by atoms with Crippen molar-refractivity contribution in [2.24, 2.45) is 0 Å². The molecule has 1 fully saturated rings. The number of carbonyl (C=O) groups excluding carboxylic acids is 1. The van der Waals surface area contributed by atoms with E-state index < -0.39 is 12.2 Å². The number of aliphatic hydroxyl groups is 2. The lowest BCUT2D eigenvalue weighted by Gasteiger charge is -2.38. The molecule has 100 valence electrons. The summed E-state index contributed by atoms with van der Waals surface area (Å²) in [7, 11) is 0. The van der Waals surface area contributed by atoms with Crippen molar-refractivity contribution in [1.82, 2.24) is 9.80 Å². The van der Waals surface area contributed by atoms with Crippen LogP contribution in [0.4, 0.5) is 0 Å².